The van der Waals surface area contributed by atoms with Crippen LogP contribution in [0.1, 0.15) is 0 Å². The summed E-state index contributed by atoms with van der Waals surface area (Å²) in [6.07, 6.45) is 0. The lowest BCUT2D eigenvalue weighted by Crippen LogP contribution is -2.10. The maximum absolute atomic E-state index is 7.05. The van der Waals surface area contributed by atoms with E-state index in [2.05, 4.69) is 217 Å². The molecule has 0 bridgehead atoms. The zero-order chi connectivity index (χ0) is 37.0. The van der Waals surface area contributed by atoms with Gasteiger partial charge in [-0.25, -0.2) is 0 Å². The molecule has 0 aliphatic carbocycles. The summed E-state index contributed by atoms with van der Waals surface area (Å²) in [5, 5.41) is 9.52. The van der Waals surface area contributed by atoms with E-state index < -0.39 is 0 Å². The summed E-state index contributed by atoms with van der Waals surface area (Å²) >= 11 is 0. The van der Waals surface area contributed by atoms with Crippen molar-refractivity contribution in [2.75, 3.05) is 4.90 Å². The molecule has 0 N–H and O–H groups in total. The first-order chi connectivity index (χ1) is 27.8. The number of benzene rings is 10. The van der Waals surface area contributed by atoms with Crippen molar-refractivity contribution in [3.8, 4) is 33.4 Å². The Morgan fingerprint density at radius 2 is 0.750 bits per heavy atom. The maximum Gasteiger partial charge on any atom is 0.159 e. The Morgan fingerprint density at radius 1 is 0.286 bits per heavy atom. The quantitative estimate of drug-likeness (QED) is 0.160. The third-order valence-electron chi connectivity index (χ3n) is 11.2. The fourth-order valence-electron chi connectivity index (χ4n) is 8.58. The Balaban J connectivity index is 1.11. The van der Waals surface area contributed by atoms with Crippen molar-refractivity contribution in [1.29, 1.82) is 0 Å². The number of rotatable bonds is 6. The summed E-state index contributed by atoms with van der Waals surface area (Å²) in [6, 6.07) is 76.3. The summed E-state index contributed by atoms with van der Waals surface area (Å²) in [4.78, 5) is 2.34. The van der Waals surface area contributed by atoms with Gasteiger partial charge in [0.2, 0.25) is 0 Å². The van der Waals surface area contributed by atoms with E-state index in [4.69, 9.17) is 4.42 Å². The largest absolute Gasteiger partial charge is 0.453 e. The molecule has 262 valence electrons. The van der Waals surface area contributed by atoms with Crippen molar-refractivity contribution in [1.82, 2.24) is 0 Å². The minimum atomic E-state index is 0.856. The van der Waals surface area contributed by atoms with Crippen LogP contribution in [-0.4, -0.2) is 0 Å². The molecular formula is C54H35NO. The number of hydrogen-bond donors (Lipinski definition) is 0. The molecule has 0 spiro atoms. The third-order valence-corrected chi connectivity index (χ3v) is 11.2. The molecule has 0 aliphatic rings. The zero-order valence-corrected chi connectivity index (χ0v) is 30.6. The van der Waals surface area contributed by atoms with E-state index in [9.17, 15) is 0 Å². The maximum atomic E-state index is 7.05. The highest BCUT2D eigenvalue weighted by molar-refractivity contribution is 6.21. The molecular weight excluding hydrogens is 679 g/mol. The number of furan rings is 1. The van der Waals surface area contributed by atoms with E-state index >= 15 is 0 Å². The Morgan fingerprint density at radius 3 is 1.45 bits per heavy atom. The molecule has 0 radical (unpaired) electrons. The normalized spacial score (nSPS) is 11.6. The van der Waals surface area contributed by atoms with Crippen LogP contribution in [0.4, 0.5) is 17.1 Å². The van der Waals surface area contributed by atoms with E-state index in [1.165, 1.54) is 60.3 Å². The lowest BCUT2D eigenvalue weighted by atomic mass is 9.93. The zero-order valence-electron chi connectivity index (χ0n) is 30.6. The first-order valence-electron chi connectivity index (χ1n) is 19.2. The number of anilines is 3. The van der Waals surface area contributed by atoms with Crippen molar-refractivity contribution in [2.24, 2.45) is 0 Å². The highest BCUT2D eigenvalue weighted by atomic mass is 16.3. The molecule has 56 heavy (non-hydrogen) atoms. The molecule has 0 saturated carbocycles. The molecule has 10 aromatic carbocycles. The predicted octanol–water partition coefficient (Wildman–Crippen LogP) is 15.5. The molecule has 0 fully saturated rings. The van der Waals surface area contributed by atoms with E-state index in [1.807, 2.05) is 0 Å². The van der Waals surface area contributed by atoms with E-state index in [1.54, 1.807) is 0 Å². The van der Waals surface area contributed by atoms with Crippen LogP contribution < -0.4 is 4.90 Å². The fraction of sp³-hybridized carbons (Fsp3) is 0. The molecule has 2 nitrogen and oxygen atoms in total. The number of nitrogens with zero attached hydrogens (tertiary/aromatic N) is 1. The summed E-state index contributed by atoms with van der Waals surface area (Å²) in [7, 11) is 0. The number of hydrogen-bond acceptors (Lipinski definition) is 2. The highest BCUT2D eigenvalue weighted by Gasteiger charge is 2.22. The van der Waals surface area contributed by atoms with Crippen LogP contribution in [0.15, 0.2) is 217 Å². The van der Waals surface area contributed by atoms with Gasteiger partial charge in [-0.2, -0.15) is 0 Å². The van der Waals surface area contributed by atoms with Crippen molar-refractivity contribution >= 4 is 71.3 Å². The molecule has 1 heterocycles. The second kappa shape index (κ2) is 13.2. The van der Waals surface area contributed by atoms with Gasteiger partial charge in [-0.05, 0) is 103 Å². The van der Waals surface area contributed by atoms with Crippen LogP contribution in [0.2, 0.25) is 0 Å². The van der Waals surface area contributed by atoms with Gasteiger partial charge in [0, 0.05) is 27.5 Å². The minimum absolute atomic E-state index is 0.856. The van der Waals surface area contributed by atoms with Gasteiger partial charge in [0.25, 0.3) is 0 Å². The summed E-state index contributed by atoms with van der Waals surface area (Å²) in [5.41, 5.74) is 12.0. The van der Waals surface area contributed by atoms with E-state index in [0.29, 0.717) is 0 Å². The first-order valence-corrected chi connectivity index (χ1v) is 19.2. The van der Waals surface area contributed by atoms with Crippen LogP contribution in [-0.2, 0) is 0 Å². The lowest BCUT2D eigenvalue weighted by molar-refractivity contribution is 0.673. The fourth-order valence-corrected chi connectivity index (χ4v) is 8.58. The molecule has 1 aromatic heterocycles. The standard InChI is InChI=1S/C54H35NO/c1-3-14-36(15-4-1)37-26-30-41(31-27-37)55(42-32-28-39(29-33-42)49-34-40-18-7-8-19-43(40)44-20-9-10-21-45(44)49)52-25-13-24-48-51-35-50(38-16-5-2-6-17-38)46-22-11-12-23-47(46)53(51)56-54(48)52/h1-35H. The number of para-hydroxylation sites is 1. The van der Waals surface area contributed by atoms with Gasteiger partial charge >= 0.3 is 0 Å². The van der Waals surface area contributed by atoms with Gasteiger partial charge < -0.3 is 9.32 Å². The topological polar surface area (TPSA) is 16.4 Å². The average Bonchev–Trinajstić information content (AvgIpc) is 3.67. The Kier molecular flexibility index (Phi) is 7.53. The Labute approximate surface area is 325 Å². The van der Waals surface area contributed by atoms with Gasteiger partial charge in [-0.15, -0.1) is 0 Å². The second-order valence-corrected chi connectivity index (χ2v) is 14.5. The van der Waals surface area contributed by atoms with Gasteiger partial charge in [0.15, 0.2) is 5.58 Å². The van der Waals surface area contributed by atoms with Crippen molar-refractivity contribution in [2.45, 2.75) is 0 Å². The van der Waals surface area contributed by atoms with Crippen LogP contribution in [0.5, 0.6) is 0 Å². The first kappa shape index (κ1) is 32.0. The molecule has 11 rings (SSSR count). The van der Waals surface area contributed by atoms with E-state index in [-0.39, 0.29) is 0 Å². The highest BCUT2D eigenvalue weighted by Crippen LogP contribution is 2.46. The molecule has 2 heteroatoms. The third kappa shape index (κ3) is 5.26. The van der Waals surface area contributed by atoms with Crippen molar-refractivity contribution < 1.29 is 4.42 Å². The van der Waals surface area contributed by atoms with Crippen molar-refractivity contribution in [3.05, 3.63) is 212 Å². The van der Waals surface area contributed by atoms with Gasteiger partial charge in [0.1, 0.15) is 5.58 Å². The molecule has 0 amide bonds. The van der Waals surface area contributed by atoms with Gasteiger partial charge in [0.05, 0.1) is 5.69 Å². The van der Waals surface area contributed by atoms with Crippen molar-refractivity contribution in [3.63, 3.8) is 0 Å². The Hall–Kier alpha value is -7.42. The lowest BCUT2D eigenvalue weighted by Gasteiger charge is -2.26. The summed E-state index contributed by atoms with van der Waals surface area (Å²) in [5.74, 6) is 0. The predicted molar refractivity (Wildman–Crippen MR) is 237 cm³/mol. The van der Waals surface area contributed by atoms with Crippen LogP contribution >= 0.6 is 0 Å². The molecule has 0 unspecified atom stereocenters. The molecule has 0 aliphatic heterocycles. The summed E-state index contributed by atoms with van der Waals surface area (Å²) < 4.78 is 7.05. The number of fused-ring (bicyclic) bond motifs is 8. The summed E-state index contributed by atoms with van der Waals surface area (Å²) in [6.45, 7) is 0. The molecule has 11 aromatic rings. The average molecular weight is 714 g/mol. The van der Waals surface area contributed by atoms with Crippen LogP contribution in [0.25, 0.3) is 87.6 Å². The second-order valence-electron chi connectivity index (χ2n) is 14.5. The minimum Gasteiger partial charge on any atom is -0.453 e. The van der Waals surface area contributed by atoms with Crippen LogP contribution in [0, 0.1) is 0 Å². The molecule has 0 saturated heterocycles. The smallest absolute Gasteiger partial charge is 0.159 e. The Bertz CT molecular complexity index is 3220. The van der Waals surface area contributed by atoms with Gasteiger partial charge in [-0.3, -0.25) is 0 Å². The van der Waals surface area contributed by atoms with Crippen LogP contribution in [0.3, 0.4) is 0 Å². The van der Waals surface area contributed by atoms with Gasteiger partial charge in [-0.1, -0.05) is 170 Å². The van der Waals surface area contributed by atoms with E-state index in [0.717, 1.165) is 44.4 Å². The monoisotopic (exact) mass is 713 g/mol. The SMILES string of the molecule is c1ccc(-c2ccc(N(c3ccc(-c4cc5ccccc5c5ccccc45)cc3)c3cccc4c3oc3c5ccccc5c(-c5ccccc5)cc43)cc2)cc1. The molecule has 0 atom stereocenters.